The molecule has 0 rings (SSSR count). The van der Waals surface area contributed by atoms with E-state index in [1.807, 2.05) is 0 Å². The maximum Gasteiger partial charge on any atom is 0.311 e. The van der Waals surface area contributed by atoms with E-state index in [0.717, 1.165) is 0 Å². The molecule has 0 aliphatic heterocycles. The third-order valence-electron chi connectivity index (χ3n) is 1.65. The van der Waals surface area contributed by atoms with Gasteiger partial charge in [-0.1, -0.05) is 0 Å². The predicted octanol–water partition coefficient (Wildman–Crippen LogP) is 0.764. The van der Waals surface area contributed by atoms with Gasteiger partial charge in [-0.3, -0.25) is 9.59 Å². The van der Waals surface area contributed by atoms with Gasteiger partial charge in [0.05, 0.1) is 12.5 Å². The highest BCUT2D eigenvalue weighted by Crippen LogP contribution is 2.01. The van der Waals surface area contributed by atoms with Gasteiger partial charge in [-0.05, 0) is 13.8 Å². The minimum absolute atomic E-state index is 0.0759. The number of ether oxygens (including phenoxy) is 3. The Bertz CT molecular complexity index is 214. The lowest BCUT2D eigenvalue weighted by atomic mass is 10.2. The summed E-state index contributed by atoms with van der Waals surface area (Å²) in [5, 5.41) is 0. The van der Waals surface area contributed by atoms with Crippen LogP contribution in [-0.4, -0.2) is 38.4 Å². The molecule has 0 aromatic rings. The summed E-state index contributed by atoms with van der Waals surface area (Å²) in [6.07, 6.45) is -0.416. The monoisotopic (exact) mass is 218 g/mol. The van der Waals surface area contributed by atoms with Gasteiger partial charge < -0.3 is 14.2 Å². The second-order valence-electron chi connectivity index (χ2n) is 3.41. The van der Waals surface area contributed by atoms with Crippen LogP contribution in [0.1, 0.15) is 20.8 Å². The number of hydrogen-bond donors (Lipinski definition) is 0. The molecule has 0 radical (unpaired) electrons. The van der Waals surface area contributed by atoms with Gasteiger partial charge in [0.1, 0.15) is 12.7 Å². The highest BCUT2D eigenvalue weighted by atomic mass is 16.6. The summed E-state index contributed by atoms with van der Waals surface area (Å²) in [6, 6.07) is 0. The van der Waals surface area contributed by atoms with Crippen LogP contribution in [0, 0.1) is 5.92 Å². The fourth-order valence-corrected chi connectivity index (χ4v) is 0.977. The molecular weight excluding hydrogens is 200 g/mol. The van der Waals surface area contributed by atoms with Crippen molar-refractivity contribution in [3.63, 3.8) is 0 Å². The first-order valence-electron chi connectivity index (χ1n) is 4.80. The lowest BCUT2D eigenvalue weighted by Crippen LogP contribution is -2.25. The van der Waals surface area contributed by atoms with Crippen molar-refractivity contribution < 1.29 is 23.8 Å². The predicted molar refractivity (Wildman–Crippen MR) is 53.2 cm³/mol. The number of carbonyl (C=O) groups excluding carboxylic acids is 2. The molecule has 0 aliphatic carbocycles. The van der Waals surface area contributed by atoms with Gasteiger partial charge in [-0.2, -0.15) is 0 Å². The summed E-state index contributed by atoms with van der Waals surface area (Å²) < 4.78 is 14.5. The van der Waals surface area contributed by atoms with Crippen molar-refractivity contribution in [3.8, 4) is 0 Å². The van der Waals surface area contributed by atoms with Crippen molar-refractivity contribution in [1.82, 2.24) is 0 Å². The normalized spacial score (nSPS) is 14.1. The minimum Gasteiger partial charge on any atom is -0.461 e. The first-order chi connectivity index (χ1) is 6.97. The van der Waals surface area contributed by atoms with Gasteiger partial charge in [-0.15, -0.1) is 0 Å². The average molecular weight is 218 g/mol. The Hall–Kier alpha value is -1.10. The Labute approximate surface area is 89.7 Å². The summed E-state index contributed by atoms with van der Waals surface area (Å²) in [5.41, 5.74) is 0. The van der Waals surface area contributed by atoms with E-state index in [1.54, 1.807) is 13.8 Å². The summed E-state index contributed by atoms with van der Waals surface area (Å²) in [7, 11) is 1.52. The van der Waals surface area contributed by atoms with Gasteiger partial charge in [0.25, 0.3) is 0 Å². The first kappa shape index (κ1) is 13.9. The SMILES string of the molecule is COCC(C)C(=O)OCC(C)OC(C)=O. The van der Waals surface area contributed by atoms with Gasteiger partial charge in [0, 0.05) is 14.0 Å². The van der Waals surface area contributed by atoms with Gasteiger partial charge in [0.2, 0.25) is 0 Å². The van der Waals surface area contributed by atoms with E-state index >= 15 is 0 Å². The van der Waals surface area contributed by atoms with Crippen LogP contribution in [0.5, 0.6) is 0 Å². The molecule has 5 heteroatoms. The second kappa shape index (κ2) is 7.23. The number of methoxy groups -OCH3 is 1. The van der Waals surface area contributed by atoms with Crippen molar-refractivity contribution >= 4 is 11.9 Å². The van der Waals surface area contributed by atoms with Gasteiger partial charge in [0.15, 0.2) is 0 Å². The quantitative estimate of drug-likeness (QED) is 0.616. The van der Waals surface area contributed by atoms with Crippen molar-refractivity contribution in [1.29, 1.82) is 0 Å². The molecule has 0 aromatic carbocycles. The third-order valence-corrected chi connectivity index (χ3v) is 1.65. The van der Waals surface area contributed by atoms with Gasteiger partial charge in [-0.25, -0.2) is 0 Å². The van der Waals surface area contributed by atoms with Crippen LogP contribution in [0.25, 0.3) is 0 Å². The maximum absolute atomic E-state index is 11.3. The molecule has 0 heterocycles. The smallest absolute Gasteiger partial charge is 0.311 e. The minimum atomic E-state index is -0.416. The maximum atomic E-state index is 11.3. The molecule has 0 bridgehead atoms. The lowest BCUT2D eigenvalue weighted by Gasteiger charge is -2.14. The average Bonchev–Trinajstić information content (AvgIpc) is 2.13. The van der Waals surface area contributed by atoms with E-state index in [1.165, 1.54) is 14.0 Å². The number of esters is 2. The van der Waals surface area contributed by atoms with Crippen LogP contribution in [0.4, 0.5) is 0 Å². The van der Waals surface area contributed by atoms with E-state index in [4.69, 9.17) is 14.2 Å². The zero-order chi connectivity index (χ0) is 11.8. The number of carbonyl (C=O) groups is 2. The van der Waals surface area contributed by atoms with Crippen LogP contribution < -0.4 is 0 Å². The summed E-state index contributed by atoms with van der Waals surface area (Å²) in [6.45, 7) is 5.08. The Morgan fingerprint density at radius 3 is 2.27 bits per heavy atom. The summed E-state index contributed by atoms with van der Waals surface area (Å²) in [5.74, 6) is -1.04. The highest BCUT2D eigenvalue weighted by molar-refractivity contribution is 5.72. The van der Waals surface area contributed by atoms with E-state index in [9.17, 15) is 9.59 Å². The molecule has 2 unspecified atom stereocenters. The molecule has 0 fully saturated rings. The van der Waals surface area contributed by atoms with Crippen molar-refractivity contribution in [2.24, 2.45) is 5.92 Å². The molecule has 2 atom stereocenters. The molecule has 0 aliphatic rings. The lowest BCUT2D eigenvalue weighted by molar-refractivity contribution is -0.159. The van der Waals surface area contributed by atoms with E-state index < -0.39 is 6.10 Å². The summed E-state index contributed by atoms with van der Waals surface area (Å²) >= 11 is 0. The molecule has 0 saturated carbocycles. The van der Waals surface area contributed by atoms with Crippen LogP contribution in [0.15, 0.2) is 0 Å². The highest BCUT2D eigenvalue weighted by Gasteiger charge is 2.16. The zero-order valence-corrected chi connectivity index (χ0v) is 9.61. The third kappa shape index (κ3) is 6.90. The Morgan fingerprint density at radius 1 is 1.20 bits per heavy atom. The Balaban J connectivity index is 3.74. The molecule has 88 valence electrons. The summed E-state index contributed by atoms with van der Waals surface area (Å²) in [4.78, 5) is 21.8. The van der Waals surface area contributed by atoms with Crippen molar-refractivity contribution in [2.75, 3.05) is 20.3 Å². The van der Waals surface area contributed by atoms with E-state index in [0.29, 0.717) is 6.61 Å². The zero-order valence-electron chi connectivity index (χ0n) is 9.61. The molecule has 0 aromatic heterocycles. The fraction of sp³-hybridized carbons (Fsp3) is 0.800. The first-order valence-corrected chi connectivity index (χ1v) is 4.80. The Morgan fingerprint density at radius 2 is 1.80 bits per heavy atom. The second-order valence-corrected chi connectivity index (χ2v) is 3.41. The van der Waals surface area contributed by atoms with Crippen LogP contribution in [-0.2, 0) is 23.8 Å². The fourth-order valence-electron chi connectivity index (χ4n) is 0.977. The largest absolute Gasteiger partial charge is 0.461 e. The van der Waals surface area contributed by atoms with Crippen LogP contribution in [0.3, 0.4) is 0 Å². The molecule has 15 heavy (non-hydrogen) atoms. The Kier molecular flexibility index (Phi) is 6.70. The molecule has 0 saturated heterocycles. The van der Waals surface area contributed by atoms with Crippen molar-refractivity contribution in [2.45, 2.75) is 26.9 Å². The van der Waals surface area contributed by atoms with Crippen LogP contribution in [0.2, 0.25) is 0 Å². The molecular formula is C10H18O5. The standard InChI is InChI=1S/C10H18O5/c1-7(5-13-4)10(12)14-6-8(2)15-9(3)11/h7-8H,5-6H2,1-4H3. The van der Waals surface area contributed by atoms with E-state index in [-0.39, 0.29) is 24.5 Å². The van der Waals surface area contributed by atoms with Gasteiger partial charge >= 0.3 is 11.9 Å². The molecule has 0 spiro atoms. The molecule has 5 nitrogen and oxygen atoms in total. The number of hydrogen-bond acceptors (Lipinski definition) is 5. The topological polar surface area (TPSA) is 61.8 Å². The van der Waals surface area contributed by atoms with Crippen LogP contribution >= 0.6 is 0 Å². The van der Waals surface area contributed by atoms with E-state index in [2.05, 4.69) is 0 Å². The molecule has 0 N–H and O–H groups in total. The van der Waals surface area contributed by atoms with Crippen molar-refractivity contribution in [3.05, 3.63) is 0 Å². The molecule has 0 amide bonds. The number of rotatable bonds is 6.